The SMILES string of the molecule is CC/C=C\C/C=C\C/C=C\C/C=C\C/C=C\CCCC(=O)OCC(COC(=O)CCC/C=C\C/C=C\C/C=C\C/C=C\C/C=C\CC)OC(=O)CCCCCCCCC/C=C\CCCCCCCC. The second-order valence-electron chi connectivity index (χ2n) is 17.7. The average molecular weight is 953 g/mol. The Hall–Kier alpha value is -4.45. The van der Waals surface area contributed by atoms with E-state index in [1.807, 2.05) is 0 Å². The summed E-state index contributed by atoms with van der Waals surface area (Å²) in [5.74, 6) is -1.05. The van der Waals surface area contributed by atoms with E-state index >= 15 is 0 Å². The van der Waals surface area contributed by atoms with Gasteiger partial charge in [0.15, 0.2) is 6.10 Å². The van der Waals surface area contributed by atoms with Gasteiger partial charge in [-0.1, -0.05) is 219 Å². The molecule has 0 unspecified atom stereocenters. The highest BCUT2D eigenvalue weighted by Gasteiger charge is 2.19. The Morgan fingerprint density at radius 3 is 0.942 bits per heavy atom. The van der Waals surface area contributed by atoms with Crippen LogP contribution >= 0.6 is 0 Å². The van der Waals surface area contributed by atoms with Crippen LogP contribution in [-0.4, -0.2) is 37.2 Å². The average Bonchev–Trinajstić information content (AvgIpc) is 3.35. The highest BCUT2D eigenvalue weighted by atomic mass is 16.6. The van der Waals surface area contributed by atoms with Gasteiger partial charge in [-0.2, -0.15) is 0 Å². The molecule has 0 aromatic carbocycles. The summed E-state index contributed by atoms with van der Waals surface area (Å²) in [7, 11) is 0. The van der Waals surface area contributed by atoms with E-state index in [1.165, 1.54) is 77.0 Å². The first kappa shape index (κ1) is 64.5. The van der Waals surface area contributed by atoms with Gasteiger partial charge < -0.3 is 14.2 Å². The summed E-state index contributed by atoms with van der Waals surface area (Å²) in [5.41, 5.74) is 0. The molecule has 0 aromatic heterocycles. The topological polar surface area (TPSA) is 78.9 Å². The fourth-order valence-corrected chi connectivity index (χ4v) is 7.04. The van der Waals surface area contributed by atoms with Crippen molar-refractivity contribution < 1.29 is 28.6 Å². The standard InChI is InChI=1S/C63H100O6/c1-4-7-10-13-16-19-22-25-28-31-34-37-40-43-46-49-52-55-61(64)67-58-60(69-63(66)57-54-51-48-45-42-39-36-33-30-27-24-21-18-15-12-9-6-3)59-68-62(65)56-53-50-47-44-41-38-35-32-29-26-23-20-17-14-11-8-5-2/h7-8,10-11,16-17,19-20,25-30,34-35,37-38,43-44,46-47,60H,4-6,9,12-15,18,21-24,31-33,36,39-42,45,48-59H2,1-3H3/b10-7-,11-8-,19-16-,20-17-,28-25-,29-26-,30-27-,37-34-,38-35-,46-43-,47-44-. The summed E-state index contributed by atoms with van der Waals surface area (Å²) in [5, 5.41) is 0. The predicted molar refractivity (Wildman–Crippen MR) is 297 cm³/mol. The molecule has 0 aliphatic rings. The molecule has 388 valence electrons. The Balaban J connectivity index is 4.59. The number of allylic oxidation sites excluding steroid dienone is 22. The number of hydrogen-bond donors (Lipinski definition) is 0. The van der Waals surface area contributed by atoms with E-state index in [0.29, 0.717) is 19.3 Å². The minimum absolute atomic E-state index is 0.131. The molecule has 0 heterocycles. The van der Waals surface area contributed by atoms with E-state index in [2.05, 4.69) is 154 Å². The van der Waals surface area contributed by atoms with Gasteiger partial charge in [0.1, 0.15) is 13.2 Å². The number of hydrogen-bond acceptors (Lipinski definition) is 6. The monoisotopic (exact) mass is 953 g/mol. The molecule has 0 N–H and O–H groups in total. The quantitative estimate of drug-likeness (QED) is 0.0262. The van der Waals surface area contributed by atoms with Crippen LogP contribution in [0.25, 0.3) is 0 Å². The molecule has 6 nitrogen and oxygen atoms in total. The first-order valence-corrected chi connectivity index (χ1v) is 27.7. The highest BCUT2D eigenvalue weighted by Crippen LogP contribution is 2.13. The zero-order chi connectivity index (χ0) is 50.0. The third-order valence-electron chi connectivity index (χ3n) is 11.1. The van der Waals surface area contributed by atoms with Gasteiger partial charge in [-0.3, -0.25) is 14.4 Å². The maximum absolute atomic E-state index is 12.8. The minimum Gasteiger partial charge on any atom is -0.462 e. The Morgan fingerprint density at radius 2 is 0.580 bits per heavy atom. The molecule has 0 bridgehead atoms. The number of carbonyl (C=O) groups excluding carboxylic acids is 3. The second kappa shape index (κ2) is 56.1. The van der Waals surface area contributed by atoms with Crippen LogP contribution in [0, 0.1) is 0 Å². The van der Waals surface area contributed by atoms with E-state index in [0.717, 1.165) is 96.3 Å². The van der Waals surface area contributed by atoms with Crippen LogP contribution in [0.1, 0.15) is 226 Å². The summed E-state index contributed by atoms with van der Waals surface area (Å²) in [6, 6.07) is 0. The van der Waals surface area contributed by atoms with Crippen molar-refractivity contribution in [1.82, 2.24) is 0 Å². The van der Waals surface area contributed by atoms with E-state index in [-0.39, 0.29) is 44.0 Å². The van der Waals surface area contributed by atoms with E-state index < -0.39 is 6.10 Å². The predicted octanol–water partition coefficient (Wildman–Crippen LogP) is 18.6. The molecule has 0 amide bonds. The maximum atomic E-state index is 12.8. The number of unbranched alkanes of at least 4 members (excludes halogenated alkanes) is 15. The van der Waals surface area contributed by atoms with Crippen LogP contribution in [-0.2, 0) is 28.6 Å². The normalized spacial score (nSPS) is 12.8. The first-order valence-electron chi connectivity index (χ1n) is 27.7. The number of carbonyl (C=O) groups is 3. The second-order valence-corrected chi connectivity index (χ2v) is 17.7. The van der Waals surface area contributed by atoms with Gasteiger partial charge in [-0.15, -0.1) is 0 Å². The van der Waals surface area contributed by atoms with Gasteiger partial charge in [0, 0.05) is 19.3 Å². The zero-order valence-corrected chi connectivity index (χ0v) is 44.3. The lowest BCUT2D eigenvalue weighted by Gasteiger charge is -2.18. The molecular weight excluding hydrogens is 853 g/mol. The Bertz CT molecular complexity index is 1430. The smallest absolute Gasteiger partial charge is 0.306 e. The Kier molecular flexibility index (Phi) is 52.5. The zero-order valence-electron chi connectivity index (χ0n) is 44.3. The van der Waals surface area contributed by atoms with E-state index in [1.54, 1.807) is 0 Å². The molecule has 0 fully saturated rings. The Morgan fingerprint density at radius 1 is 0.304 bits per heavy atom. The maximum Gasteiger partial charge on any atom is 0.306 e. The van der Waals surface area contributed by atoms with Crippen LogP contribution in [0.15, 0.2) is 134 Å². The summed E-state index contributed by atoms with van der Waals surface area (Å²) < 4.78 is 16.7. The van der Waals surface area contributed by atoms with Gasteiger partial charge in [0.25, 0.3) is 0 Å². The molecule has 0 aliphatic heterocycles. The van der Waals surface area contributed by atoms with Gasteiger partial charge >= 0.3 is 17.9 Å². The summed E-state index contributed by atoms with van der Waals surface area (Å²) in [6.07, 6.45) is 78.8. The van der Waals surface area contributed by atoms with Crippen molar-refractivity contribution in [3.63, 3.8) is 0 Å². The number of ether oxygens (including phenoxy) is 3. The van der Waals surface area contributed by atoms with Crippen LogP contribution in [0.4, 0.5) is 0 Å². The van der Waals surface area contributed by atoms with Crippen molar-refractivity contribution >= 4 is 17.9 Å². The lowest BCUT2D eigenvalue weighted by Crippen LogP contribution is -2.30. The van der Waals surface area contributed by atoms with Crippen LogP contribution < -0.4 is 0 Å². The molecule has 0 spiro atoms. The fraction of sp³-hybridized carbons (Fsp3) is 0.603. The van der Waals surface area contributed by atoms with E-state index in [9.17, 15) is 14.4 Å². The lowest BCUT2D eigenvalue weighted by atomic mass is 10.1. The van der Waals surface area contributed by atoms with Gasteiger partial charge in [-0.05, 0) is 122 Å². The molecule has 0 rings (SSSR count). The number of rotatable bonds is 48. The molecule has 6 heteroatoms. The van der Waals surface area contributed by atoms with Gasteiger partial charge in [0.05, 0.1) is 0 Å². The van der Waals surface area contributed by atoms with Crippen molar-refractivity contribution in [1.29, 1.82) is 0 Å². The van der Waals surface area contributed by atoms with Crippen LogP contribution in [0.5, 0.6) is 0 Å². The Labute approximate surface area is 424 Å². The number of esters is 3. The molecule has 0 aromatic rings. The van der Waals surface area contributed by atoms with Crippen LogP contribution in [0.2, 0.25) is 0 Å². The van der Waals surface area contributed by atoms with Crippen molar-refractivity contribution in [3.05, 3.63) is 134 Å². The van der Waals surface area contributed by atoms with Crippen molar-refractivity contribution in [3.8, 4) is 0 Å². The lowest BCUT2D eigenvalue weighted by molar-refractivity contribution is -0.167. The molecule has 69 heavy (non-hydrogen) atoms. The van der Waals surface area contributed by atoms with Crippen molar-refractivity contribution in [2.24, 2.45) is 0 Å². The minimum atomic E-state index is -0.831. The summed E-state index contributed by atoms with van der Waals surface area (Å²) in [6.45, 7) is 6.29. The molecule has 0 saturated carbocycles. The van der Waals surface area contributed by atoms with Gasteiger partial charge in [-0.25, -0.2) is 0 Å². The first-order chi connectivity index (χ1) is 34.0. The van der Waals surface area contributed by atoms with E-state index in [4.69, 9.17) is 14.2 Å². The third kappa shape index (κ3) is 54.4. The van der Waals surface area contributed by atoms with Crippen LogP contribution in [0.3, 0.4) is 0 Å². The molecule has 0 saturated heterocycles. The summed E-state index contributed by atoms with van der Waals surface area (Å²) >= 11 is 0. The molecule has 0 radical (unpaired) electrons. The molecular formula is C63H100O6. The van der Waals surface area contributed by atoms with Crippen molar-refractivity contribution in [2.45, 2.75) is 232 Å². The fourth-order valence-electron chi connectivity index (χ4n) is 7.04. The highest BCUT2D eigenvalue weighted by molar-refractivity contribution is 5.71. The molecule has 0 atom stereocenters. The summed E-state index contributed by atoms with van der Waals surface area (Å²) in [4.78, 5) is 38.1. The molecule has 0 aliphatic carbocycles. The largest absolute Gasteiger partial charge is 0.462 e. The van der Waals surface area contributed by atoms with Crippen molar-refractivity contribution in [2.75, 3.05) is 13.2 Å². The third-order valence-corrected chi connectivity index (χ3v) is 11.1. The van der Waals surface area contributed by atoms with Gasteiger partial charge in [0.2, 0.25) is 0 Å².